The van der Waals surface area contributed by atoms with Crippen LogP contribution in [-0.2, 0) is 4.79 Å². The smallest absolute Gasteiger partial charge is 0.230 e. The molecule has 0 heterocycles. The fraction of sp³-hybridized carbons (Fsp3) is 0.562. The minimum Gasteiger partial charge on any atom is -0.352 e. The van der Waals surface area contributed by atoms with E-state index in [0.717, 1.165) is 11.3 Å². The summed E-state index contributed by atoms with van der Waals surface area (Å²) in [4.78, 5) is 12.9. The van der Waals surface area contributed by atoms with E-state index in [1.165, 1.54) is 24.6 Å². The minimum atomic E-state index is 0.0573. The first kappa shape index (κ1) is 17.0. The Bertz CT molecular complexity index is 489. The molecule has 1 aromatic carbocycles. The van der Waals surface area contributed by atoms with Gasteiger partial charge in [-0.1, -0.05) is 56.0 Å². The topological polar surface area (TPSA) is 29.1 Å². The maximum atomic E-state index is 12.1. The molecule has 0 saturated heterocycles. The molecule has 5 heteroatoms. The van der Waals surface area contributed by atoms with Gasteiger partial charge in [0.25, 0.3) is 0 Å². The lowest BCUT2D eigenvalue weighted by Gasteiger charge is -2.34. The predicted octanol–water partition coefficient (Wildman–Crippen LogP) is 5.03. The van der Waals surface area contributed by atoms with Gasteiger partial charge in [-0.2, -0.15) is 0 Å². The van der Waals surface area contributed by atoms with Crippen molar-refractivity contribution >= 4 is 40.9 Å². The Balaban J connectivity index is 1.88. The van der Waals surface area contributed by atoms with Crippen molar-refractivity contribution in [2.45, 2.75) is 44.0 Å². The van der Waals surface area contributed by atoms with Crippen LogP contribution < -0.4 is 5.32 Å². The third-order valence-corrected chi connectivity index (χ3v) is 6.31. The summed E-state index contributed by atoms with van der Waals surface area (Å²) in [6.07, 6.45) is 3.53. The van der Waals surface area contributed by atoms with Crippen LogP contribution in [-0.4, -0.2) is 17.7 Å². The molecule has 1 aliphatic carbocycles. The van der Waals surface area contributed by atoms with E-state index in [9.17, 15) is 4.79 Å². The molecule has 0 bridgehead atoms. The van der Waals surface area contributed by atoms with Gasteiger partial charge in [0.2, 0.25) is 5.91 Å². The Kier molecular flexibility index (Phi) is 6.27. The Labute approximate surface area is 141 Å². The van der Waals surface area contributed by atoms with Crippen LogP contribution in [0.2, 0.25) is 10.0 Å². The maximum absolute atomic E-state index is 12.1. The molecule has 0 unspecified atom stereocenters. The van der Waals surface area contributed by atoms with Crippen LogP contribution in [0.4, 0.5) is 0 Å². The Morgan fingerprint density at radius 2 is 1.95 bits per heavy atom. The number of thioether (sulfide) groups is 1. The van der Waals surface area contributed by atoms with E-state index in [2.05, 4.69) is 19.2 Å². The van der Waals surface area contributed by atoms with Crippen LogP contribution >= 0.6 is 35.0 Å². The number of hydrogen-bond acceptors (Lipinski definition) is 2. The molecule has 2 nitrogen and oxygen atoms in total. The van der Waals surface area contributed by atoms with Gasteiger partial charge >= 0.3 is 0 Å². The average Bonchev–Trinajstić information content (AvgIpc) is 2.43. The van der Waals surface area contributed by atoms with E-state index >= 15 is 0 Å². The second-order valence-electron chi connectivity index (χ2n) is 5.78. The number of nitrogens with one attached hydrogen (secondary N) is 1. The highest BCUT2D eigenvalue weighted by molar-refractivity contribution is 8.00. The number of carbonyl (C=O) groups excluding carboxylic acids is 1. The van der Waals surface area contributed by atoms with E-state index in [1.54, 1.807) is 18.2 Å². The molecule has 0 aromatic heterocycles. The van der Waals surface area contributed by atoms with Crippen molar-refractivity contribution in [2.75, 3.05) is 5.75 Å². The third-order valence-electron chi connectivity index (χ3n) is 4.32. The summed E-state index contributed by atoms with van der Waals surface area (Å²) in [7, 11) is 0. The molecule has 1 aliphatic rings. The normalized spacial score (nSPS) is 25.6. The maximum Gasteiger partial charge on any atom is 0.230 e. The third kappa shape index (κ3) is 4.54. The van der Waals surface area contributed by atoms with Crippen LogP contribution in [0.15, 0.2) is 23.1 Å². The molecule has 1 fully saturated rings. The van der Waals surface area contributed by atoms with Crippen LogP contribution in [0, 0.1) is 11.8 Å². The van der Waals surface area contributed by atoms with E-state index in [1.807, 2.05) is 0 Å². The quantitative estimate of drug-likeness (QED) is 0.775. The predicted molar refractivity (Wildman–Crippen MR) is 91.3 cm³/mol. The first-order valence-electron chi connectivity index (χ1n) is 7.35. The summed E-state index contributed by atoms with van der Waals surface area (Å²) in [5, 5.41) is 4.36. The lowest BCUT2D eigenvalue weighted by Crippen LogP contribution is -2.44. The summed E-state index contributed by atoms with van der Waals surface area (Å²) in [5.41, 5.74) is 0. The number of amides is 1. The fourth-order valence-corrected chi connectivity index (χ4v) is 4.29. The van der Waals surface area contributed by atoms with E-state index in [-0.39, 0.29) is 5.91 Å². The number of carbonyl (C=O) groups is 1. The first-order chi connectivity index (χ1) is 9.99. The Hall–Kier alpha value is -0.380. The second-order valence-corrected chi connectivity index (χ2v) is 7.58. The molecule has 3 atom stereocenters. The zero-order valence-electron chi connectivity index (χ0n) is 12.4. The monoisotopic (exact) mass is 345 g/mol. The summed E-state index contributed by atoms with van der Waals surface area (Å²) in [6.45, 7) is 4.49. The van der Waals surface area contributed by atoms with Crippen molar-refractivity contribution < 1.29 is 4.79 Å². The molecular weight excluding hydrogens is 325 g/mol. The van der Waals surface area contributed by atoms with Gasteiger partial charge in [-0.15, -0.1) is 11.8 Å². The lowest BCUT2D eigenvalue weighted by molar-refractivity contribution is -0.119. The van der Waals surface area contributed by atoms with Gasteiger partial charge in [-0.3, -0.25) is 4.79 Å². The molecule has 2 rings (SSSR count). The van der Waals surface area contributed by atoms with Crippen molar-refractivity contribution in [1.29, 1.82) is 0 Å². The van der Waals surface area contributed by atoms with Crippen molar-refractivity contribution in [3.8, 4) is 0 Å². The van der Waals surface area contributed by atoms with Gasteiger partial charge in [-0.05, 0) is 30.4 Å². The molecular formula is C16H21Cl2NOS. The lowest BCUT2D eigenvalue weighted by atomic mass is 9.78. The molecule has 0 spiro atoms. The SMILES string of the molecule is C[C@@H]1[C@H](C)CCC[C@@H]1NC(=O)CSc1c(Cl)cccc1Cl. The van der Waals surface area contributed by atoms with E-state index in [0.29, 0.717) is 33.7 Å². The van der Waals surface area contributed by atoms with Crippen molar-refractivity contribution in [3.05, 3.63) is 28.2 Å². The standard InChI is InChI=1S/C16H21Cl2NOS/c1-10-5-3-8-14(11(10)2)19-15(20)9-21-16-12(17)6-4-7-13(16)18/h4,6-7,10-11,14H,3,5,8-9H2,1-2H3,(H,19,20)/t10-,11-,14+/m1/s1. The molecule has 0 aliphatic heterocycles. The summed E-state index contributed by atoms with van der Waals surface area (Å²) in [5.74, 6) is 1.62. The van der Waals surface area contributed by atoms with Crippen LogP contribution in [0.3, 0.4) is 0 Å². The highest BCUT2D eigenvalue weighted by Crippen LogP contribution is 2.34. The zero-order chi connectivity index (χ0) is 15.4. The van der Waals surface area contributed by atoms with Gasteiger partial charge in [0.1, 0.15) is 0 Å². The van der Waals surface area contributed by atoms with Crippen molar-refractivity contribution in [2.24, 2.45) is 11.8 Å². The first-order valence-corrected chi connectivity index (χ1v) is 9.09. The van der Waals surface area contributed by atoms with Crippen LogP contribution in [0.1, 0.15) is 33.1 Å². The van der Waals surface area contributed by atoms with Crippen LogP contribution in [0.25, 0.3) is 0 Å². The minimum absolute atomic E-state index is 0.0573. The number of hydrogen-bond donors (Lipinski definition) is 1. The van der Waals surface area contributed by atoms with E-state index < -0.39 is 0 Å². The molecule has 1 aromatic rings. The summed E-state index contributed by atoms with van der Waals surface area (Å²) in [6, 6.07) is 5.68. The van der Waals surface area contributed by atoms with Gasteiger partial charge in [0.15, 0.2) is 0 Å². The molecule has 21 heavy (non-hydrogen) atoms. The second kappa shape index (κ2) is 7.75. The highest BCUT2D eigenvalue weighted by Gasteiger charge is 2.28. The largest absolute Gasteiger partial charge is 0.352 e. The summed E-state index contributed by atoms with van der Waals surface area (Å²) < 4.78 is 0. The van der Waals surface area contributed by atoms with Gasteiger partial charge < -0.3 is 5.32 Å². The fourth-order valence-electron chi connectivity index (χ4n) is 2.79. The zero-order valence-corrected chi connectivity index (χ0v) is 14.7. The Morgan fingerprint density at radius 3 is 2.62 bits per heavy atom. The van der Waals surface area contributed by atoms with Crippen LogP contribution in [0.5, 0.6) is 0 Å². The number of rotatable bonds is 4. The number of benzene rings is 1. The van der Waals surface area contributed by atoms with Crippen molar-refractivity contribution in [1.82, 2.24) is 5.32 Å². The summed E-state index contributed by atoms with van der Waals surface area (Å²) >= 11 is 13.6. The van der Waals surface area contributed by atoms with Gasteiger partial charge in [-0.25, -0.2) is 0 Å². The highest BCUT2D eigenvalue weighted by atomic mass is 35.5. The van der Waals surface area contributed by atoms with Crippen molar-refractivity contribution in [3.63, 3.8) is 0 Å². The van der Waals surface area contributed by atoms with E-state index in [4.69, 9.17) is 23.2 Å². The molecule has 1 amide bonds. The molecule has 1 saturated carbocycles. The molecule has 116 valence electrons. The number of halogens is 2. The van der Waals surface area contributed by atoms with Gasteiger partial charge in [0, 0.05) is 10.9 Å². The molecule has 1 N–H and O–H groups in total. The van der Waals surface area contributed by atoms with Gasteiger partial charge in [0.05, 0.1) is 15.8 Å². The average molecular weight is 346 g/mol. The molecule has 0 radical (unpaired) electrons. The Morgan fingerprint density at radius 1 is 1.29 bits per heavy atom.